The molecular formula is C12H9ClN4OS2. The summed E-state index contributed by atoms with van der Waals surface area (Å²) in [6, 6.07) is 6.73. The third-order valence-corrected chi connectivity index (χ3v) is 4.49. The Morgan fingerprint density at radius 1 is 1.55 bits per heavy atom. The minimum absolute atomic E-state index is 0.163. The van der Waals surface area contributed by atoms with Crippen molar-refractivity contribution in [2.75, 3.05) is 11.1 Å². The first-order valence-electron chi connectivity index (χ1n) is 5.51. The molecule has 1 aromatic heterocycles. The summed E-state index contributed by atoms with van der Waals surface area (Å²) in [7, 11) is 0. The Morgan fingerprint density at radius 2 is 2.35 bits per heavy atom. The monoisotopic (exact) mass is 324 g/mol. The number of carbonyl (C=O) groups is 1. The molecule has 1 heterocycles. The van der Waals surface area contributed by atoms with Crippen LogP contribution in [0.3, 0.4) is 0 Å². The SMILES string of the molecule is Cc1nnc(SCC(=O)Nc2ccc(C#N)c(Cl)c2)s1. The van der Waals surface area contributed by atoms with Gasteiger partial charge in [0.2, 0.25) is 5.91 Å². The van der Waals surface area contributed by atoms with Gasteiger partial charge in [0.15, 0.2) is 4.34 Å². The van der Waals surface area contributed by atoms with Gasteiger partial charge in [0, 0.05) is 5.69 Å². The Labute approximate surface area is 129 Å². The van der Waals surface area contributed by atoms with Crippen LogP contribution in [0.5, 0.6) is 0 Å². The van der Waals surface area contributed by atoms with Crippen LogP contribution < -0.4 is 5.32 Å². The number of rotatable bonds is 4. The summed E-state index contributed by atoms with van der Waals surface area (Å²) in [5.41, 5.74) is 0.941. The van der Waals surface area contributed by atoms with Crippen molar-refractivity contribution in [2.24, 2.45) is 0 Å². The zero-order valence-electron chi connectivity index (χ0n) is 10.4. The van der Waals surface area contributed by atoms with E-state index in [9.17, 15) is 4.79 Å². The Bertz CT molecular complexity index is 680. The van der Waals surface area contributed by atoms with Crippen molar-refractivity contribution in [2.45, 2.75) is 11.3 Å². The standard InChI is InChI=1S/C12H9ClN4OS2/c1-7-16-17-12(20-7)19-6-11(18)15-9-3-2-8(5-14)10(13)4-9/h2-4H,6H2,1H3,(H,15,18). The van der Waals surface area contributed by atoms with Crippen LogP contribution in [-0.4, -0.2) is 21.9 Å². The molecule has 20 heavy (non-hydrogen) atoms. The number of aryl methyl sites for hydroxylation is 1. The van der Waals surface area contributed by atoms with Crippen LogP contribution in [0, 0.1) is 18.3 Å². The molecule has 1 aromatic carbocycles. The van der Waals surface area contributed by atoms with Crippen LogP contribution in [0.15, 0.2) is 22.5 Å². The molecule has 8 heteroatoms. The second-order valence-corrected chi connectivity index (χ2v) is 6.54. The summed E-state index contributed by atoms with van der Waals surface area (Å²) in [5.74, 6) is 0.0790. The molecule has 0 aliphatic carbocycles. The molecule has 0 unspecified atom stereocenters. The number of amides is 1. The van der Waals surface area contributed by atoms with Crippen LogP contribution >= 0.6 is 34.7 Å². The molecule has 102 valence electrons. The predicted octanol–water partition coefficient (Wildman–Crippen LogP) is 3.10. The number of thioether (sulfide) groups is 1. The van der Waals surface area contributed by atoms with E-state index >= 15 is 0 Å². The highest BCUT2D eigenvalue weighted by Crippen LogP contribution is 2.23. The highest BCUT2D eigenvalue weighted by atomic mass is 35.5. The lowest BCUT2D eigenvalue weighted by molar-refractivity contribution is -0.113. The van der Waals surface area contributed by atoms with Gasteiger partial charge < -0.3 is 5.32 Å². The quantitative estimate of drug-likeness (QED) is 0.874. The number of benzene rings is 1. The second kappa shape index (κ2) is 6.70. The fraction of sp³-hybridized carbons (Fsp3) is 0.167. The van der Waals surface area contributed by atoms with Gasteiger partial charge in [-0.25, -0.2) is 0 Å². The smallest absolute Gasteiger partial charge is 0.234 e. The predicted molar refractivity (Wildman–Crippen MR) is 80.2 cm³/mol. The molecule has 2 aromatic rings. The molecule has 0 aliphatic rings. The van der Waals surface area contributed by atoms with Gasteiger partial charge in [0.25, 0.3) is 0 Å². The number of nitriles is 1. The maximum Gasteiger partial charge on any atom is 0.234 e. The number of carbonyl (C=O) groups excluding carboxylic acids is 1. The third kappa shape index (κ3) is 3.93. The number of aromatic nitrogens is 2. The highest BCUT2D eigenvalue weighted by Gasteiger charge is 2.08. The molecule has 1 amide bonds. The van der Waals surface area contributed by atoms with Gasteiger partial charge in [0.1, 0.15) is 11.1 Å². The molecule has 0 aliphatic heterocycles. The zero-order valence-corrected chi connectivity index (χ0v) is 12.8. The normalized spacial score (nSPS) is 10.1. The number of halogens is 1. The van der Waals surface area contributed by atoms with Crippen molar-refractivity contribution in [1.82, 2.24) is 10.2 Å². The lowest BCUT2D eigenvalue weighted by Crippen LogP contribution is -2.13. The van der Waals surface area contributed by atoms with Crippen LogP contribution in [0.1, 0.15) is 10.6 Å². The Hall–Kier alpha value is -1.62. The number of anilines is 1. The van der Waals surface area contributed by atoms with Gasteiger partial charge >= 0.3 is 0 Å². The van der Waals surface area contributed by atoms with E-state index in [0.29, 0.717) is 16.3 Å². The molecule has 0 saturated carbocycles. The first-order chi connectivity index (χ1) is 9.58. The van der Waals surface area contributed by atoms with Crippen LogP contribution in [0.25, 0.3) is 0 Å². The second-order valence-electron chi connectivity index (χ2n) is 3.73. The van der Waals surface area contributed by atoms with Crippen molar-refractivity contribution in [1.29, 1.82) is 5.26 Å². The summed E-state index contributed by atoms with van der Waals surface area (Å²) in [6.45, 7) is 1.86. The van der Waals surface area contributed by atoms with E-state index in [1.54, 1.807) is 18.2 Å². The van der Waals surface area contributed by atoms with Gasteiger partial charge in [-0.05, 0) is 25.1 Å². The minimum atomic E-state index is -0.163. The van der Waals surface area contributed by atoms with Crippen molar-refractivity contribution < 1.29 is 4.79 Å². The zero-order chi connectivity index (χ0) is 14.5. The maximum absolute atomic E-state index is 11.8. The van der Waals surface area contributed by atoms with Gasteiger partial charge in [-0.2, -0.15) is 5.26 Å². The molecule has 0 radical (unpaired) electrons. The van der Waals surface area contributed by atoms with Crippen molar-refractivity contribution in [3.63, 3.8) is 0 Å². The molecule has 0 atom stereocenters. The average molecular weight is 325 g/mol. The molecule has 1 N–H and O–H groups in total. The fourth-order valence-corrected chi connectivity index (χ4v) is 3.18. The van der Waals surface area contributed by atoms with E-state index in [4.69, 9.17) is 16.9 Å². The summed E-state index contributed by atoms with van der Waals surface area (Å²) < 4.78 is 0.760. The van der Waals surface area contributed by atoms with E-state index in [2.05, 4.69) is 15.5 Å². The van der Waals surface area contributed by atoms with E-state index < -0.39 is 0 Å². The van der Waals surface area contributed by atoms with Gasteiger partial charge in [0.05, 0.1) is 16.3 Å². The summed E-state index contributed by atoms with van der Waals surface area (Å²) in [6.07, 6.45) is 0. The van der Waals surface area contributed by atoms with Crippen molar-refractivity contribution in [3.05, 3.63) is 33.8 Å². The first kappa shape index (κ1) is 14.8. The number of nitrogens with one attached hydrogen (secondary N) is 1. The Balaban J connectivity index is 1.91. The number of hydrogen-bond donors (Lipinski definition) is 1. The third-order valence-electron chi connectivity index (χ3n) is 2.21. The Morgan fingerprint density at radius 3 is 2.95 bits per heavy atom. The van der Waals surface area contributed by atoms with Gasteiger partial charge in [-0.15, -0.1) is 10.2 Å². The molecule has 0 saturated heterocycles. The van der Waals surface area contributed by atoms with Crippen molar-refractivity contribution >= 4 is 46.3 Å². The van der Waals surface area contributed by atoms with Crippen LogP contribution in [-0.2, 0) is 4.79 Å². The van der Waals surface area contributed by atoms with E-state index in [1.165, 1.54) is 23.1 Å². The largest absolute Gasteiger partial charge is 0.325 e. The molecule has 0 bridgehead atoms. The molecule has 2 rings (SSSR count). The molecular weight excluding hydrogens is 316 g/mol. The lowest BCUT2D eigenvalue weighted by atomic mass is 10.2. The summed E-state index contributed by atoms with van der Waals surface area (Å²) >= 11 is 8.67. The summed E-state index contributed by atoms with van der Waals surface area (Å²) in [5, 5.41) is 20.5. The minimum Gasteiger partial charge on any atom is -0.325 e. The van der Waals surface area contributed by atoms with Gasteiger partial charge in [-0.3, -0.25) is 4.79 Å². The number of nitrogens with zero attached hydrogens (tertiary/aromatic N) is 3. The fourth-order valence-electron chi connectivity index (χ4n) is 1.34. The first-order valence-corrected chi connectivity index (χ1v) is 7.69. The van der Waals surface area contributed by atoms with E-state index in [0.717, 1.165) is 9.35 Å². The topological polar surface area (TPSA) is 78.7 Å². The summed E-state index contributed by atoms with van der Waals surface area (Å²) in [4.78, 5) is 11.8. The lowest BCUT2D eigenvalue weighted by Gasteiger charge is -2.05. The van der Waals surface area contributed by atoms with E-state index in [1.807, 2.05) is 13.0 Å². The maximum atomic E-state index is 11.8. The number of hydrogen-bond acceptors (Lipinski definition) is 6. The molecule has 0 spiro atoms. The Kier molecular flexibility index (Phi) is 4.95. The van der Waals surface area contributed by atoms with Crippen LogP contribution in [0.2, 0.25) is 5.02 Å². The highest BCUT2D eigenvalue weighted by molar-refractivity contribution is 8.01. The van der Waals surface area contributed by atoms with E-state index in [-0.39, 0.29) is 11.7 Å². The molecule has 0 fully saturated rings. The average Bonchev–Trinajstić information content (AvgIpc) is 2.82. The van der Waals surface area contributed by atoms with Crippen molar-refractivity contribution in [3.8, 4) is 6.07 Å². The molecule has 5 nitrogen and oxygen atoms in total. The van der Waals surface area contributed by atoms with Gasteiger partial charge in [-0.1, -0.05) is 34.7 Å². The van der Waals surface area contributed by atoms with Crippen LogP contribution in [0.4, 0.5) is 5.69 Å².